The molecule has 1 aromatic carbocycles. The van der Waals surface area contributed by atoms with Gasteiger partial charge in [-0.15, -0.1) is 0 Å². The van der Waals surface area contributed by atoms with Crippen molar-refractivity contribution in [3.8, 4) is 5.75 Å². The van der Waals surface area contributed by atoms with Gasteiger partial charge in [0.15, 0.2) is 6.61 Å². The van der Waals surface area contributed by atoms with E-state index in [0.717, 1.165) is 24.4 Å². The highest BCUT2D eigenvalue weighted by Crippen LogP contribution is 2.20. The quantitative estimate of drug-likeness (QED) is 0.766. The number of carbonyl (C=O) groups excluding carboxylic acids is 1. The molecule has 1 atom stereocenters. The van der Waals surface area contributed by atoms with Crippen LogP contribution in [0, 0.1) is 5.92 Å². The minimum absolute atomic E-state index is 0.109. The lowest BCUT2D eigenvalue weighted by molar-refractivity contribution is -0.119. The zero-order valence-corrected chi connectivity index (χ0v) is 14.6. The second-order valence-electron chi connectivity index (χ2n) is 6.37. The molecule has 0 saturated carbocycles. The number of primary amides is 1. The maximum Gasteiger partial charge on any atom is 0.255 e. The Morgan fingerprint density at radius 2 is 2.00 bits per heavy atom. The monoisotopic (exact) mass is 330 g/mol. The Morgan fingerprint density at radius 3 is 2.62 bits per heavy atom. The van der Waals surface area contributed by atoms with Gasteiger partial charge in [-0.2, -0.15) is 0 Å². The van der Waals surface area contributed by atoms with Gasteiger partial charge in [0.05, 0.1) is 12.8 Å². The van der Waals surface area contributed by atoms with E-state index in [1.54, 1.807) is 6.26 Å². The van der Waals surface area contributed by atoms with Gasteiger partial charge in [-0.05, 0) is 42.7 Å². The number of furan rings is 1. The number of ether oxygens (including phenoxy) is 1. The van der Waals surface area contributed by atoms with Gasteiger partial charge in [0.25, 0.3) is 5.91 Å². The van der Waals surface area contributed by atoms with E-state index in [9.17, 15) is 4.79 Å². The van der Waals surface area contributed by atoms with Gasteiger partial charge in [0.2, 0.25) is 0 Å². The molecule has 1 unspecified atom stereocenters. The second kappa shape index (κ2) is 8.55. The summed E-state index contributed by atoms with van der Waals surface area (Å²) in [6, 6.07) is 12.1. The Kier molecular flexibility index (Phi) is 6.44. The topological polar surface area (TPSA) is 68.7 Å². The highest BCUT2D eigenvalue weighted by atomic mass is 16.5. The molecule has 0 fully saturated rings. The second-order valence-corrected chi connectivity index (χ2v) is 6.37. The molecule has 0 radical (unpaired) electrons. The lowest BCUT2D eigenvalue weighted by Gasteiger charge is -2.31. The molecule has 2 rings (SSSR count). The molecule has 1 amide bonds. The van der Waals surface area contributed by atoms with E-state index < -0.39 is 5.91 Å². The van der Waals surface area contributed by atoms with E-state index in [1.807, 2.05) is 30.3 Å². The summed E-state index contributed by atoms with van der Waals surface area (Å²) in [7, 11) is 0. The molecule has 0 aliphatic heterocycles. The maximum absolute atomic E-state index is 10.9. The van der Waals surface area contributed by atoms with Gasteiger partial charge in [-0.25, -0.2) is 0 Å². The number of rotatable bonds is 9. The summed E-state index contributed by atoms with van der Waals surface area (Å²) in [5, 5.41) is 0. The minimum atomic E-state index is -0.478. The third-order valence-corrected chi connectivity index (χ3v) is 4.15. The van der Waals surface area contributed by atoms with Crippen LogP contribution in [0.2, 0.25) is 0 Å². The van der Waals surface area contributed by atoms with Gasteiger partial charge >= 0.3 is 0 Å². The van der Waals surface area contributed by atoms with Crippen molar-refractivity contribution in [3.63, 3.8) is 0 Å². The van der Waals surface area contributed by atoms with E-state index in [-0.39, 0.29) is 6.61 Å². The average Bonchev–Trinajstić information content (AvgIpc) is 3.05. The zero-order valence-electron chi connectivity index (χ0n) is 14.6. The number of carbonyl (C=O) groups is 1. The lowest BCUT2D eigenvalue weighted by atomic mass is 10.0. The molecule has 0 saturated heterocycles. The molecule has 0 spiro atoms. The Bertz CT molecular complexity index is 638. The summed E-state index contributed by atoms with van der Waals surface area (Å²) in [5.74, 6) is 1.65. The van der Waals surface area contributed by atoms with Crippen LogP contribution >= 0.6 is 0 Å². The molecule has 0 aliphatic carbocycles. The van der Waals surface area contributed by atoms with Crippen molar-refractivity contribution in [2.24, 2.45) is 11.7 Å². The summed E-state index contributed by atoms with van der Waals surface area (Å²) in [6.07, 6.45) is 1.70. The average molecular weight is 330 g/mol. The smallest absolute Gasteiger partial charge is 0.255 e. The third kappa shape index (κ3) is 5.42. The molecular formula is C19H26N2O3. The highest BCUT2D eigenvalue weighted by molar-refractivity contribution is 5.75. The van der Waals surface area contributed by atoms with Crippen LogP contribution in [0.15, 0.2) is 47.1 Å². The SMILES string of the molecule is CC(C)C(C)N(Cc1cccc(OCC(N)=O)c1)Cc1ccco1. The van der Waals surface area contributed by atoms with Crippen molar-refractivity contribution in [2.75, 3.05) is 6.61 Å². The first-order valence-electron chi connectivity index (χ1n) is 8.22. The molecule has 24 heavy (non-hydrogen) atoms. The first-order valence-corrected chi connectivity index (χ1v) is 8.22. The first kappa shape index (κ1) is 18.1. The molecule has 130 valence electrons. The largest absolute Gasteiger partial charge is 0.484 e. The molecule has 2 N–H and O–H groups in total. The van der Waals surface area contributed by atoms with Crippen molar-refractivity contribution in [2.45, 2.75) is 39.9 Å². The molecule has 0 bridgehead atoms. The van der Waals surface area contributed by atoms with Crippen LogP contribution < -0.4 is 10.5 Å². The number of nitrogens with zero attached hydrogens (tertiary/aromatic N) is 1. The predicted molar refractivity (Wildman–Crippen MR) is 93.4 cm³/mol. The molecular weight excluding hydrogens is 304 g/mol. The van der Waals surface area contributed by atoms with Crippen molar-refractivity contribution < 1.29 is 13.9 Å². The van der Waals surface area contributed by atoms with Crippen LogP contribution in [-0.2, 0) is 17.9 Å². The lowest BCUT2D eigenvalue weighted by Crippen LogP contribution is -2.35. The Labute approximate surface area is 143 Å². The maximum atomic E-state index is 10.9. The van der Waals surface area contributed by atoms with Crippen molar-refractivity contribution in [3.05, 3.63) is 54.0 Å². The molecule has 5 heteroatoms. The van der Waals surface area contributed by atoms with Gasteiger partial charge in [-0.1, -0.05) is 26.0 Å². The summed E-state index contributed by atoms with van der Waals surface area (Å²) in [6.45, 7) is 8.06. The number of hydrogen-bond acceptors (Lipinski definition) is 4. The molecule has 0 aliphatic rings. The summed E-state index contributed by atoms with van der Waals surface area (Å²) < 4.78 is 10.9. The fraction of sp³-hybridized carbons (Fsp3) is 0.421. The van der Waals surface area contributed by atoms with E-state index in [0.29, 0.717) is 17.7 Å². The van der Waals surface area contributed by atoms with Gasteiger partial charge < -0.3 is 14.9 Å². The molecule has 1 heterocycles. The minimum Gasteiger partial charge on any atom is -0.484 e. The Hall–Kier alpha value is -2.27. The predicted octanol–water partition coefficient (Wildman–Crippen LogP) is 3.19. The fourth-order valence-electron chi connectivity index (χ4n) is 2.49. The Morgan fingerprint density at radius 1 is 1.21 bits per heavy atom. The van der Waals surface area contributed by atoms with E-state index in [1.165, 1.54) is 0 Å². The van der Waals surface area contributed by atoms with Crippen LogP contribution in [0.1, 0.15) is 32.1 Å². The first-order chi connectivity index (χ1) is 11.5. The summed E-state index contributed by atoms with van der Waals surface area (Å²) in [5.41, 5.74) is 6.25. The van der Waals surface area contributed by atoms with E-state index in [2.05, 4.69) is 31.7 Å². The molecule has 1 aromatic heterocycles. The number of amides is 1. The van der Waals surface area contributed by atoms with E-state index in [4.69, 9.17) is 14.9 Å². The molecule has 5 nitrogen and oxygen atoms in total. The Balaban J connectivity index is 2.10. The van der Waals surface area contributed by atoms with Crippen molar-refractivity contribution in [1.82, 2.24) is 4.90 Å². The fourth-order valence-corrected chi connectivity index (χ4v) is 2.49. The van der Waals surface area contributed by atoms with Crippen molar-refractivity contribution in [1.29, 1.82) is 0 Å². The number of benzene rings is 1. The van der Waals surface area contributed by atoms with Gasteiger partial charge in [-0.3, -0.25) is 9.69 Å². The summed E-state index contributed by atoms with van der Waals surface area (Å²) >= 11 is 0. The van der Waals surface area contributed by atoms with Crippen LogP contribution in [0.5, 0.6) is 5.75 Å². The van der Waals surface area contributed by atoms with Crippen LogP contribution in [0.25, 0.3) is 0 Å². The van der Waals surface area contributed by atoms with Crippen LogP contribution in [0.4, 0.5) is 0 Å². The third-order valence-electron chi connectivity index (χ3n) is 4.15. The van der Waals surface area contributed by atoms with E-state index >= 15 is 0 Å². The standard InChI is InChI=1S/C19H26N2O3/c1-14(2)15(3)21(12-18-8-5-9-23-18)11-16-6-4-7-17(10-16)24-13-19(20)22/h4-10,14-15H,11-13H2,1-3H3,(H2,20,22). The van der Waals surface area contributed by atoms with Crippen molar-refractivity contribution >= 4 is 5.91 Å². The molecule has 2 aromatic rings. The van der Waals surface area contributed by atoms with Crippen LogP contribution in [0.3, 0.4) is 0 Å². The number of nitrogens with two attached hydrogens (primary N) is 1. The zero-order chi connectivity index (χ0) is 17.5. The highest BCUT2D eigenvalue weighted by Gasteiger charge is 2.19. The summed E-state index contributed by atoms with van der Waals surface area (Å²) in [4.78, 5) is 13.2. The normalized spacial score (nSPS) is 12.5. The van der Waals surface area contributed by atoms with Gasteiger partial charge in [0, 0.05) is 12.6 Å². The van der Waals surface area contributed by atoms with Crippen LogP contribution in [-0.4, -0.2) is 23.5 Å². The van der Waals surface area contributed by atoms with Gasteiger partial charge in [0.1, 0.15) is 11.5 Å². The number of hydrogen-bond donors (Lipinski definition) is 1.